The molecule has 0 spiro atoms. The molecule has 4 N–H and O–H groups in total. The maximum absolute atomic E-state index is 5.75. The van der Waals surface area contributed by atoms with E-state index in [1.165, 1.54) is 9.58 Å². The standard InChI is InChI=1S/C7H8N2S2/c1-3-2-4-6(10-3)5(8)7(9)11-4/h2H,8-9H2,1H3. The Morgan fingerprint density at radius 2 is 2.00 bits per heavy atom. The van der Waals surface area contributed by atoms with E-state index in [0.717, 1.165) is 15.4 Å². The van der Waals surface area contributed by atoms with Crippen molar-refractivity contribution >= 4 is 42.8 Å². The van der Waals surface area contributed by atoms with Gasteiger partial charge >= 0.3 is 0 Å². The third-order valence-corrected chi connectivity index (χ3v) is 3.75. The fraction of sp³-hybridized carbons (Fsp3) is 0.143. The molecule has 2 nitrogen and oxygen atoms in total. The smallest absolute Gasteiger partial charge is 0.111 e. The van der Waals surface area contributed by atoms with E-state index >= 15 is 0 Å². The van der Waals surface area contributed by atoms with Crippen LogP contribution in [0.4, 0.5) is 10.7 Å². The summed E-state index contributed by atoms with van der Waals surface area (Å²) in [5.74, 6) is 0. The molecule has 0 aliphatic rings. The second-order valence-electron chi connectivity index (χ2n) is 2.43. The van der Waals surface area contributed by atoms with E-state index in [1.54, 1.807) is 22.7 Å². The molecule has 0 aliphatic carbocycles. The first-order valence-electron chi connectivity index (χ1n) is 3.22. The Balaban J connectivity index is 2.88. The zero-order valence-corrected chi connectivity index (χ0v) is 7.68. The number of hydrogen-bond acceptors (Lipinski definition) is 4. The number of aryl methyl sites for hydroxylation is 1. The van der Waals surface area contributed by atoms with E-state index in [-0.39, 0.29) is 0 Å². The van der Waals surface area contributed by atoms with E-state index in [9.17, 15) is 0 Å². The maximum atomic E-state index is 5.75. The highest BCUT2D eigenvalue weighted by atomic mass is 32.1. The zero-order chi connectivity index (χ0) is 8.01. The van der Waals surface area contributed by atoms with Crippen LogP contribution in [0.5, 0.6) is 0 Å². The Labute approximate surface area is 72.4 Å². The molecular weight excluding hydrogens is 176 g/mol. The summed E-state index contributed by atoms with van der Waals surface area (Å²) < 4.78 is 2.35. The van der Waals surface area contributed by atoms with Crippen LogP contribution >= 0.6 is 22.7 Å². The lowest BCUT2D eigenvalue weighted by atomic mass is 10.4. The quantitative estimate of drug-likeness (QED) is 0.660. The molecule has 0 amide bonds. The van der Waals surface area contributed by atoms with Gasteiger partial charge in [-0.3, -0.25) is 0 Å². The first kappa shape index (κ1) is 6.94. The largest absolute Gasteiger partial charge is 0.395 e. The van der Waals surface area contributed by atoms with Crippen LogP contribution in [0, 0.1) is 6.92 Å². The maximum Gasteiger partial charge on any atom is 0.111 e. The lowest BCUT2D eigenvalue weighted by molar-refractivity contribution is 1.66. The summed E-state index contributed by atoms with van der Waals surface area (Å²) in [6.45, 7) is 2.08. The summed E-state index contributed by atoms with van der Waals surface area (Å²) in [6, 6.07) is 2.12. The van der Waals surface area contributed by atoms with Crippen molar-refractivity contribution in [2.24, 2.45) is 0 Å². The van der Waals surface area contributed by atoms with Gasteiger partial charge in [-0.1, -0.05) is 0 Å². The number of anilines is 2. The summed E-state index contributed by atoms with van der Waals surface area (Å²) in [5.41, 5.74) is 12.1. The Bertz CT molecular complexity index is 400. The average Bonchev–Trinajstić information content (AvgIpc) is 2.37. The van der Waals surface area contributed by atoms with E-state index < -0.39 is 0 Å². The van der Waals surface area contributed by atoms with Crippen molar-refractivity contribution in [1.29, 1.82) is 0 Å². The van der Waals surface area contributed by atoms with Crippen LogP contribution in [0.15, 0.2) is 6.07 Å². The Morgan fingerprint density at radius 3 is 2.64 bits per heavy atom. The molecule has 0 saturated heterocycles. The second kappa shape index (κ2) is 2.12. The Morgan fingerprint density at radius 1 is 1.27 bits per heavy atom. The third-order valence-electron chi connectivity index (χ3n) is 1.55. The predicted molar refractivity (Wildman–Crippen MR) is 53.3 cm³/mol. The molecule has 0 atom stereocenters. The number of thiophene rings is 2. The topological polar surface area (TPSA) is 52.0 Å². The average molecular weight is 184 g/mol. The lowest BCUT2D eigenvalue weighted by Gasteiger charge is -1.86. The van der Waals surface area contributed by atoms with Gasteiger partial charge in [-0.2, -0.15) is 0 Å². The molecule has 2 aromatic heterocycles. The highest BCUT2D eigenvalue weighted by Crippen LogP contribution is 2.40. The third kappa shape index (κ3) is 0.902. The van der Waals surface area contributed by atoms with E-state index in [4.69, 9.17) is 11.5 Å². The SMILES string of the molecule is Cc1cc2sc(N)c(N)c2s1. The molecule has 0 bridgehead atoms. The van der Waals surface area contributed by atoms with Crippen LogP contribution in [0.2, 0.25) is 0 Å². The minimum Gasteiger partial charge on any atom is -0.395 e. The van der Waals surface area contributed by atoms with Gasteiger partial charge in [-0.05, 0) is 13.0 Å². The fourth-order valence-corrected chi connectivity index (χ4v) is 3.19. The van der Waals surface area contributed by atoms with Crippen molar-refractivity contribution in [2.45, 2.75) is 6.92 Å². The minimum absolute atomic E-state index is 0.742. The minimum atomic E-state index is 0.742. The fourth-order valence-electron chi connectivity index (χ4n) is 1.04. The molecule has 2 heterocycles. The first-order valence-corrected chi connectivity index (χ1v) is 4.85. The van der Waals surface area contributed by atoms with Crippen molar-refractivity contribution in [2.75, 3.05) is 11.5 Å². The monoisotopic (exact) mass is 184 g/mol. The van der Waals surface area contributed by atoms with E-state index in [1.807, 2.05) is 0 Å². The molecule has 58 valence electrons. The molecule has 11 heavy (non-hydrogen) atoms. The summed E-state index contributed by atoms with van der Waals surface area (Å²) in [7, 11) is 0. The lowest BCUT2D eigenvalue weighted by Crippen LogP contribution is -1.87. The molecule has 0 fully saturated rings. The van der Waals surface area contributed by atoms with Gasteiger partial charge in [-0.25, -0.2) is 0 Å². The Hall–Kier alpha value is -0.740. The van der Waals surface area contributed by atoms with Crippen molar-refractivity contribution in [3.8, 4) is 0 Å². The van der Waals surface area contributed by atoms with Crippen molar-refractivity contribution in [3.63, 3.8) is 0 Å². The molecular formula is C7H8N2S2. The van der Waals surface area contributed by atoms with Crippen molar-refractivity contribution in [3.05, 3.63) is 10.9 Å². The highest BCUT2D eigenvalue weighted by molar-refractivity contribution is 7.30. The van der Waals surface area contributed by atoms with Gasteiger partial charge in [-0.15, -0.1) is 22.7 Å². The van der Waals surface area contributed by atoms with Crippen LogP contribution in [-0.2, 0) is 0 Å². The van der Waals surface area contributed by atoms with E-state index in [0.29, 0.717) is 0 Å². The highest BCUT2D eigenvalue weighted by Gasteiger charge is 2.08. The molecule has 2 rings (SSSR count). The van der Waals surface area contributed by atoms with Crippen molar-refractivity contribution < 1.29 is 0 Å². The molecule has 0 saturated carbocycles. The summed E-state index contributed by atoms with van der Waals surface area (Å²) in [5, 5.41) is 0.742. The summed E-state index contributed by atoms with van der Waals surface area (Å²) >= 11 is 3.27. The number of hydrogen-bond donors (Lipinski definition) is 2. The van der Waals surface area contributed by atoms with Gasteiger partial charge in [0.25, 0.3) is 0 Å². The molecule has 0 aromatic carbocycles. The van der Waals surface area contributed by atoms with Gasteiger partial charge in [0.15, 0.2) is 0 Å². The molecule has 0 unspecified atom stereocenters. The molecule has 4 heteroatoms. The van der Waals surface area contributed by atoms with Crippen LogP contribution in [-0.4, -0.2) is 0 Å². The van der Waals surface area contributed by atoms with E-state index in [2.05, 4.69) is 13.0 Å². The number of nitrogens with two attached hydrogens (primary N) is 2. The summed E-state index contributed by atoms with van der Waals surface area (Å²) in [4.78, 5) is 1.29. The summed E-state index contributed by atoms with van der Waals surface area (Å²) in [6.07, 6.45) is 0. The predicted octanol–water partition coefficient (Wildman–Crippen LogP) is 2.44. The molecule has 0 aliphatic heterocycles. The van der Waals surface area contributed by atoms with Gasteiger partial charge in [0.2, 0.25) is 0 Å². The number of fused-ring (bicyclic) bond motifs is 1. The number of nitrogen functional groups attached to an aromatic ring is 2. The normalized spacial score (nSPS) is 11.0. The van der Waals surface area contributed by atoms with Crippen molar-refractivity contribution in [1.82, 2.24) is 0 Å². The van der Waals surface area contributed by atoms with Gasteiger partial charge in [0, 0.05) is 9.58 Å². The van der Waals surface area contributed by atoms with Gasteiger partial charge < -0.3 is 11.5 Å². The molecule has 0 radical (unpaired) electrons. The Kier molecular flexibility index (Phi) is 1.34. The van der Waals surface area contributed by atoms with Crippen LogP contribution in [0.3, 0.4) is 0 Å². The first-order chi connectivity index (χ1) is 5.18. The zero-order valence-electron chi connectivity index (χ0n) is 6.05. The van der Waals surface area contributed by atoms with Crippen LogP contribution in [0.25, 0.3) is 9.40 Å². The molecule has 2 aromatic rings. The van der Waals surface area contributed by atoms with Gasteiger partial charge in [0.1, 0.15) is 5.00 Å². The number of rotatable bonds is 0. The van der Waals surface area contributed by atoms with Crippen LogP contribution in [0.1, 0.15) is 4.88 Å². The second-order valence-corrected chi connectivity index (χ2v) is 4.77. The van der Waals surface area contributed by atoms with Gasteiger partial charge in [0.05, 0.1) is 10.4 Å². The van der Waals surface area contributed by atoms with Crippen LogP contribution < -0.4 is 11.5 Å².